The van der Waals surface area contributed by atoms with Crippen LogP contribution < -0.4 is 11.2 Å². The lowest BCUT2D eigenvalue weighted by Crippen LogP contribution is -2.40. The molecule has 0 unspecified atom stereocenters. The van der Waals surface area contributed by atoms with Crippen LogP contribution in [0.25, 0.3) is 33.6 Å². The van der Waals surface area contributed by atoms with Crippen LogP contribution in [-0.2, 0) is 28.5 Å². The number of nitrogens with one attached hydrogen (secondary N) is 1. The SMILES string of the molecule is C[C@H]1c2c(nn(-c3ccc(F)c(C4CC4)c3)c2-n2ccn(-c3ccc4c(cnn4C)c3F)c2=O)CCN1C(=O)c1cn2cc([C@@H]3CCOC(C)(C)C3)ccc2c1C1(C2=NCON2)CC1. The van der Waals surface area contributed by atoms with Gasteiger partial charge in [-0.05, 0) is 119 Å². The third-order valence-corrected chi connectivity index (χ3v) is 14.4. The summed E-state index contributed by atoms with van der Waals surface area (Å²) >= 11 is 0. The third kappa shape index (κ3) is 5.97. The monoisotopic (exact) mass is 866 g/mol. The molecule has 1 N–H and O–H groups in total. The Kier molecular flexibility index (Phi) is 8.61. The van der Waals surface area contributed by atoms with E-state index in [1.807, 2.05) is 24.1 Å². The Morgan fingerprint density at radius 2 is 1.78 bits per heavy atom. The number of carbonyl (C=O) groups is 1. The van der Waals surface area contributed by atoms with Gasteiger partial charge in [0, 0.05) is 62.5 Å². The lowest BCUT2D eigenvalue weighted by atomic mass is 9.84. The average Bonchev–Trinajstić information content (AvgIpc) is 3.95. The number of imidazole rings is 1. The maximum Gasteiger partial charge on any atom is 0.338 e. The minimum absolute atomic E-state index is 0.0737. The summed E-state index contributed by atoms with van der Waals surface area (Å²) < 4.78 is 45.6. The van der Waals surface area contributed by atoms with Crippen LogP contribution in [0.2, 0.25) is 0 Å². The highest BCUT2D eigenvalue weighted by molar-refractivity contribution is 6.05. The summed E-state index contributed by atoms with van der Waals surface area (Å²) in [5, 5.41) is 9.62. The largest absolute Gasteiger partial charge is 0.376 e. The van der Waals surface area contributed by atoms with Crippen molar-refractivity contribution in [3.63, 3.8) is 0 Å². The van der Waals surface area contributed by atoms with Gasteiger partial charge in [0.05, 0.1) is 62.3 Å². The molecule has 2 aromatic carbocycles. The summed E-state index contributed by atoms with van der Waals surface area (Å²) in [7, 11) is 1.73. The molecule has 64 heavy (non-hydrogen) atoms. The molecule has 1 amide bonds. The zero-order valence-corrected chi connectivity index (χ0v) is 36.1. The fourth-order valence-electron chi connectivity index (χ4n) is 10.8. The van der Waals surface area contributed by atoms with Gasteiger partial charge in [0.25, 0.3) is 5.91 Å². The van der Waals surface area contributed by atoms with Crippen LogP contribution in [0.1, 0.15) is 115 Å². The van der Waals surface area contributed by atoms with E-state index in [2.05, 4.69) is 47.2 Å². The van der Waals surface area contributed by atoms with Crippen LogP contribution in [0, 0.1) is 11.6 Å². The molecule has 0 bridgehead atoms. The Morgan fingerprint density at radius 3 is 2.55 bits per heavy atom. The number of amides is 1. The number of amidine groups is 1. The number of halogens is 2. The summed E-state index contributed by atoms with van der Waals surface area (Å²) in [6.45, 7) is 7.50. The van der Waals surface area contributed by atoms with E-state index in [-0.39, 0.29) is 35.7 Å². The highest BCUT2D eigenvalue weighted by atomic mass is 19.1. The normalized spacial score (nSPS) is 21.3. The predicted molar refractivity (Wildman–Crippen MR) is 235 cm³/mol. The molecular formula is C48H48F2N10O4. The first-order valence-corrected chi connectivity index (χ1v) is 22.3. The number of nitrogens with zero attached hydrogens (tertiary/aromatic N) is 9. The minimum atomic E-state index is -0.572. The zero-order valence-electron chi connectivity index (χ0n) is 36.1. The van der Waals surface area contributed by atoms with E-state index in [1.165, 1.54) is 33.2 Å². The maximum atomic E-state index is 16.1. The van der Waals surface area contributed by atoms with E-state index in [0.717, 1.165) is 61.1 Å². The zero-order chi connectivity index (χ0) is 43.8. The first kappa shape index (κ1) is 39.2. The molecule has 2 saturated carbocycles. The van der Waals surface area contributed by atoms with Gasteiger partial charge in [-0.2, -0.15) is 10.2 Å². The molecular weight excluding hydrogens is 819 g/mol. The van der Waals surface area contributed by atoms with Gasteiger partial charge in [-0.25, -0.2) is 23.2 Å². The molecule has 7 aromatic rings. The first-order valence-electron chi connectivity index (χ1n) is 22.3. The first-order chi connectivity index (χ1) is 30.9. The second-order valence-electron chi connectivity index (χ2n) is 18.9. The lowest BCUT2D eigenvalue weighted by Gasteiger charge is -2.35. The number of hydrogen-bond acceptors (Lipinski definition) is 8. The molecule has 328 valence electrons. The van der Waals surface area contributed by atoms with E-state index in [4.69, 9.17) is 19.7 Å². The van der Waals surface area contributed by atoms with E-state index < -0.39 is 23.0 Å². The second kappa shape index (κ2) is 14.1. The molecule has 5 aromatic heterocycles. The number of ether oxygens (including phenoxy) is 1. The number of aliphatic imine (C=N–C) groups is 1. The van der Waals surface area contributed by atoms with E-state index in [9.17, 15) is 4.79 Å². The Morgan fingerprint density at radius 1 is 0.969 bits per heavy atom. The maximum absolute atomic E-state index is 16.1. The molecule has 0 spiro atoms. The molecule has 3 fully saturated rings. The number of fused-ring (bicyclic) bond motifs is 3. The van der Waals surface area contributed by atoms with Crippen LogP contribution in [0.4, 0.5) is 8.78 Å². The Balaban J connectivity index is 0.987. The van der Waals surface area contributed by atoms with Gasteiger partial charge in [-0.1, -0.05) is 6.07 Å². The van der Waals surface area contributed by atoms with Crippen molar-refractivity contribution in [2.75, 3.05) is 19.9 Å². The number of pyridine rings is 1. The quantitative estimate of drug-likeness (QED) is 0.168. The number of aromatic nitrogens is 7. The van der Waals surface area contributed by atoms with E-state index >= 15 is 13.6 Å². The topological polar surface area (TPSA) is 130 Å². The number of aryl methyl sites for hydroxylation is 1. The van der Waals surface area contributed by atoms with Crippen molar-refractivity contribution in [1.82, 2.24) is 43.5 Å². The van der Waals surface area contributed by atoms with Crippen molar-refractivity contribution in [3.05, 3.63) is 129 Å². The molecule has 2 atom stereocenters. The number of benzene rings is 2. The van der Waals surface area contributed by atoms with Crippen LogP contribution in [0.3, 0.4) is 0 Å². The molecule has 8 heterocycles. The molecule has 3 aliphatic heterocycles. The van der Waals surface area contributed by atoms with Crippen molar-refractivity contribution in [3.8, 4) is 17.2 Å². The Hall–Kier alpha value is -6.39. The van der Waals surface area contributed by atoms with Gasteiger partial charge < -0.3 is 14.0 Å². The lowest BCUT2D eigenvalue weighted by molar-refractivity contribution is -0.0593. The van der Waals surface area contributed by atoms with Crippen molar-refractivity contribution in [1.29, 1.82) is 0 Å². The predicted octanol–water partition coefficient (Wildman–Crippen LogP) is 7.46. The molecule has 0 radical (unpaired) electrons. The fourth-order valence-corrected chi connectivity index (χ4v) is 10.8. The molecule has 12 rings (SSSR count). The van der Waals surface area contributed by atoms with E-state index in [1.54, 1.807) is 40.8 Å². The number of carbonyl (C=O) groups excluding carboxylic acids is 1. The summed E-state index contributed by atoms with van der Waals surface area (Å²) in [5.41, 5.74) is 8.71. The van der Waals surface area contributed by atoms with Crippen molar-refractivity contribution < 1.29 is 23.1 Å². The molecule has 5 aliphatic rings. The standard InChI is InChI=1S/C48H48F2N10O4/c1-27-40-36(13-17-57(27)44(61)34-25-56-24-30(29-14-20-63-47(2,3)22-29)7-10-38(56)41(34)48(15-16-48)45-51-26-64-54-45)53-60(31-8-9-35(49)32(21-31)28-5-6-28)43(40)59-19-18-58(46(59)62)39-12-11-37-33(42(39)50)23-52-55(37)4/h7-12,18-19,21,23-25,27-29H,5-6,13-17,20,22,26H2,1-4H3,(H,51,54)/t27-,29+/m0/s1. The van der Waals surface area contributed by atoms with Gasteiger partial charge in [0.2, 0.25) is 0 Å². The third-order valence-electron chi connectivity index (χ3n) is 14.4. The summed E-state index contributed by atoms with van der Waals surface area (Å²) in [4.78, 5) is 42.3. The van der Waals surface area contributed by atoms with Gasteiger partial charge >= 0.3 is 5.69 Å². The van der Waals surface area contributed by atoms with Crippen LogP contribution >= 0.6 is 0 Å². The molecule has 2 aliphatic carbocycles. The smallest absolute Gasteiger partial charge is 0.338 e. The molecule has 14 nitrogen and oxygen atoms in total. The van der Waals surface area contributed by atoms with Gasteiger partial charge in [-0.3, -0.25) is 28.9 Å². The molecule has 1 saturated heterocycles. The van der Waals surface area contributed by atoms with Crippen LogP contribution in [-0.4, -0.2) is 75.2 Å². The number of rotatable bonds is 8. The van der Waals surface area contributed by atoms with Crippen molar-refractivity contribution in [2.45, 2.75) is 94.6 Å². The number of hydrogen-bond donors (Lipinski definition) is 1. The number of hydroxylamine groups is 1. The van der Waals surface area contributed by atoms with Crippen LogP contribution in [0.15, 0.2) is 83.2 Å². The van der Waals surface area contributed by atoms with Crippen LogP contribution in [0.5, 0.6) is 0 Å². The summed E-state index contributed by atoms with van der Waals surface area (Å²) in [5.74, 6) is 0.571. The summed E-state index contributed by atoms with van der Waals surface area (Å²) in [6, 6.07) is 12.0. The van der Waals surface area contributed by atoms with Crippen molar-refractivity contribution in [2.24, 2.45) is 12.0 Å². The minimum Gasteiger partial charge on any atom is -0.376 e. The summed E-state index contributed by atoms with van der Waals surface area (Å²) in [6.07, 6.45) is 14.4. The van der Waals surface area contributed by atoms with E-state index in [0.29, 0.717) is 64.6 Å². The van der Waals surface area contributed by atoms with Gasteiger partial charge in [0.1, 0.15) is 17.5 Å². The second-order valence-corrected chi connectivity index (χ2v) is 18.9. The molecule has 16 heteroatoms. The Bertz CT molecular complexity index is 3180. The highest BCUT2D eigenvalue weighted by Gasteiger charge is 2.54. The van der Waals surface area contributed by atoms with Gasteiger partial charge in [-0.15, -0.1) is 0 Å². The fraction of sp³-hybridized carbons (Fsp3) is 0.396. The van der Waals surface area contributed by atoms with Crippen molar-refractivity contribution >= 4 is 28.2 Å². The van der Waals surface area contributed by atoms with Gasteiger partial charge in [0.15, 0.2) is 12.5 Å². The Labute approximate surface area is 366 Å². The average molecular weight is 867 g/mol. The highest BCUT2D eigenvalue weighted by Crippen LogP contribution is 2.53.